The van der Waals surface area contributed by atoms with Crippen LogP contribution in [-0.4, -0.2) is 4.98 Å². The molecule has 0 saturated heterocycles. The summed E-state index contributed by atoms with van der Waals surface area (Å²) in [7, 11) is 0. The van der Waals surface area contributed by atoms with Gasteiger partial charge in [0.1, 0.15) is 0 Å². The molecule has 1 aromatic carbocycles. The Bertz CT molecular complexity index is 648. The zero-order valence-corrected chi connectivity index (χ0v) is 12.0. The Labute approximate surface area is 122 Å². The van der Waals surface area contributed by atoms with Gasteiger partial charge in [0.15, 0.2) is 0 Å². The standard InChI is InChI=1S/C17H18F3N/c1-11-4-2-5-12(10-11)13-7-8-15(17(18,19)20)16-14(13)6-3-9-21-16/h3,6-9,11-12H,2,4-5,10H2,1H3/t11-,12+/m1/s1. The molecule has 21 heavy (non-hydrogen) atoms. The lowest BCUT2D eigenvalue weighted by Crippen LogP contribution is -2.13. The van der Waals surface area contributed by atoms with Crippen LogP contribution in [0.15, 0.2) is 30.5 Å². The number of pyridine rings is 1. The third-order valence-corrected chi connectivity index (χ3v) is 4.49. The van der Waals surface area contributed by atoms with Gasteiger partial charge in [-0.3, -0.25) is 4.98 Å². The second-order valence-corrected chi connectivity index (χ2v) is 6.07. The highest BCUT2D eigenvalue weighted by molar-refractivity contribution is 5.86. The lowest BCUT2D eigenvalue weighted by Gasteiger charge is -2.28. The minimum atomic E-state index is -4.36. The number of hydrogen-bond donors (Lipinski definition) is 0. The number of rotatable bonds is 1. The molecular weight excluding hydrogens is 275 g/mol. The molecule has 1 heterocycles. The molecule has 1 nitrogen and oxygen atoms in total. The van der Waals surface area contributed by atoms with Crippen molar-refractivity contribution < 1.29 is 13.2 Å². The van der Waals surface area contributed by atoms with Crippen LogP contribution in [0.5, 0.6) is 0 Å². The Balaban J connectivity index is 2.13. The molecule has 4 heteroatoms. The third-order valence-electron chi connectivity index (χ3n) is 4.49. The van der Waals surface area contributed by atoms with Gasteiger partial charge < -0.3 is 0 Å². The second kappa shape index (κ2) is 5.32. The second-order valence-electron chi connectivity index (χ2n) is 6.07. The zero-order valence-electron chi connectivity index (χ0n) is 12.0. The lowest BCUT2D eigenvalue weighted by atomic mass is 9.77. The van der Waals surface area contributed by atoms with Crippen molar-refractivity contribution >= 4 is 10.9 Å². The van der Waals surface area contributed by atoms with Gasteiger partial charge in [-0.25, -0.2) is 0 Å². The Morgan fingerprint density at radius 1 is 1.14 bits per heavy atom. The normalized spacial score (nSPS) is 23.4. The average Bonchev–Trinajstić information content (AvgIpc) is 2.45. The maximum atomic E-state index is 13.1. The number of aromatic nitrogens is 1. The summed E-state index contributed by atoms with van der Waals surface area (Å²) < 4.78 is 39.3. The molecule has 0 unspecified atom stereocenters. The average molecular weight is 293 g/mol. The molecule has 0 N–H and O–H groups in total. The number of halogens is 3. The molecule has 0 bridgehead atoms. The molecule has 1 aromatic heterocycles. The number of fused-ring (bicyclic) bond motifs is 1. The van der Waals surface area contributed by atoms with Gasteiger partial charge in [-0.05, 0) is 42.4 Å². The van der Waals surface area contributed by atoms with E-state index in [1.165, 1.54) is 18.7 Å². The van der Waals surface area contributed by atoms with Gasteiger partial charge in [0, 0.05) is 11.6 Å². The van der Waals surface area contributed by atoms with Crippen LogP contribution >= 0.6 is 0 Å². The fourth-order valence-electron chi connectivity index (χ4n) is 3.50. The molecule has 1 fully saturated rings. The molecule has 0 radical (unpaired) electrons. The highest BCUT2D eigenvalue weighted by Gasteiger charge is 2.34. The van der Waals surface area contributed by atoms with Crippen molar-refractivity contribution in [2.24, 2.45) is 5.92 Å². The van der Waals surface area contributed by atoms with Crippen LogP contribution in [0.25, 0.3) is 10.9 Å². The van der Waals surface area contributed by atoms with E-state index in [4.69, 9.17) is 0 Å². The van der Waals surface area contributed by atoms with Gasteiger partial charge in [-0.2, -0.15) is 13.2 Å². The third kappa shape index (κ3) is 2.76. The quantitative estimate of drug-likeness (QED) is 0.672. The SMILES string of the molecule is C[C@@H]1CCC[C@H](c2ccc(C(F)(F)F)c3ncccc23)C1. The Kier molecular flexibility index (Phi) is 3.64. The van der Waals surface area contributed by atoms with Crippen LogP contribution in [0.3, 0.4) is 0 Å². The number of alkyl halides is 3. The Morgan fingerprint density at radius 2 is 1.95 bits per heavy atom. The predicted octanol–water partition coefficient (Wildman–Crippen LogP) is 5.55. The summed E-state index contributed by atoms with van der Waals surface area (Å²) in [4.78, 5) is 4.00. The summed E-state index contributed by atoms with van der Waals surface area (Å²) in [5.74, 6) is 0.987. The topological polar surface area (TPSA) is 12.9 Å². The smallest absolute Gasteiger partial charge is 0.256 e. The van der Waals surface area contributed by atoms with Crippen molar-refractivity contribution in [3.05, 3.63) is 41.6 Å². The lowest BCUT2D eigenvalue weighted by molar-refractivity contribution is -0.136. The monoisotopic (exact) mass is 293 g/mol. The van der Waals surface area contributed by atoms with Crippen LogP contribution in [0.1, 0.15) is 49.7 Å². The van der Waals surface area contributed by atoms with Crippen LogP contribution in [-0.2, 0) is 6.18 Å². The van der Waals surface area contributed by atoms with Crippen LogP contribution in [0.2, 0.25) is 0 Å². The summed E-state index contributed by atoms with van der Waals surface area (Å²) in [5.41, 5.74) is 0.476. The molecule has 0 amide bonds. The first-order valence-electron chi connectivity index (χ1n) is 7.41. The van der Waals surface area contributed by atoms with Crippen LogP contribution in [0.4, 0.5) is 13.2 Å². The van der Waals surface area contributed by atoms with E-state index in [1.54, 1.807) is 18.2 Å². The molecule has 1 aliphatic carbocycles. The van der Waals surface area contributed by atoms with Crippen molar-refractivity contribution in [3.8, 4) is 0 Å². The van der Waals surface area contributed by atoms with E-state index >= 15 is 0 Å². The van der Waals surface area contributed by atoms with Crippen LogP contribution < -0.4 is 0 Å². The summed E-state index contributed by atoms with van der Waals surface area (Å²) in [6, 6.07) is 6.35. The summed E-state index contributed by atoms with van der Waals surface area (Å²) >= 11 is 0. The largest absolute Gasteiger partial charge is 0.418 e. The first-order chi connectivity index (χ1) is 9.97. The van der Waals surface area contributed by atoms with Crippen molar-refractivity contribution in [1.82, 2.24) is 4.98 Å². The molecule has 0 spiro atoms. The van der Waals surface area contributed by atoms with E-state index in [1.807, 2.05) is 0 Å². The van der Waals surface area contributed by atoms with Gasteiger partial charge in [-0.15, -0.1) is 0 Å². The molecule has 112 valence electrons. The minimum Gasteiger partial charge on any atom is -0.256 e. The van der Waals surface area contributed by atoms with Crippen molar-refractivity contribution in [1.29, 1.82) is 0 Å². The van der Waals surface area contributed by atoms with E-state index in [0.29, 0.717) is 17.2 Å². The number of hydrogen-bond acceptors (Lipinski definition) is 1. The van der Waals surface area contributed by atoms with Crippen molar-refractivity contribution in [2.75, 3.05) is 0 Å². The van der Waals surface area contributed by atoms with E-state index in [-0.39, 0.29) is 5.52 Å². The van der Waals surface area contributed by atoms with Crippen molar-refractivity contribution in [2.45, 2.75) is 44.7 Å². The van der Waals surface area contributed by atoms with E-state index in [2.05, 4.69) is 11.9 Å². The van der Waals surface area contributed by atoms with E-state index in [0.717, 1.165) is 24.8 Å². The molecule has 2 atom stereocenters. The number of nitrogens with zero attached hydrogens (tertiary/aromatic N) is 1. The van der Waals surface area contributed by atoms with Crippen molar-refractivity contribution in [3.63, 3.8) is 0 Å². The van der Waals surface area contributed by atoms with E-state index < -0.39 is 11.7 Å². The van der Waals surface area contributed by atoms with Gasteiger partial charge in [0.2, 0.25) is 0 Å². The summed E-state index contributed by atoms with van der Waals surface area (Å²) in [6.07, 6.45) is 1.55. The molecule has 3 rings (SSSR count). The number of benzene rings is 1. The highest BCUT2D eigenvalue weighted by atomic mass is 19.4. The zero-order chi connectivity index (χ0) is 15.0. The van der Waals surface area contributed by atoms with Crippen LogP contribution in [0, 0.1) is 5.92 Å². The fraction of sp³-hybridized carbons (Fsp3) is 0.471. The summed E-state index contributed by atoms with van der Waals surface area (Å²) in [6.45, 7) is 2.22. The summed E-state index contributed by atoms with van der Waals surface area (Å²) in [5, 5.41) is 0.659. The molecule has 0 aliphatic heterocycles. The molecule has 1 saturated carbocycles. The van der Waals surface area contributed by atoms with E-state index in [9.17, 15) is 13.2 Å². The first kappa shape index (κ1) is 14.4. The van der Waals surface area contributed by atoms with Gasteiger partial charge >= 0.3 is 6.18 Å². The highest BCUT2D eigenvalue weighted by Crippen LogP contribution is 2.41. The maximum Gasteiger partial charge on any atom is 0.418 e. The fourth-order valence-corrected chi connectivity index (χ4v) is 3.50. The Hall–Kier alpha value is -1.58. The predicted molar refractivity (Wildman–Crippen MR) is 77.1 cm³/mol. The Morgan fingerprint density at radius 3 is 2.67 bits per heavy atom. The minimum absolute atomic E-state index is 0.0840. The first-order valence-corrected chi connectivity index (χ1v) is 7.41. The maximum absolute atomic E-state index is 13.1. The van der Waals surface area contributed by atoms with Gasteiger partial charge in [0.25, 0.3) is 0 Å². The van der Waals surface area contributed by atoms with Gasteiger partial charge in [0.05, 0.1) is 11.1 Å². The molecule has 1 aliphatic rings. The molecule has 2 aromatic rings. The molecular formula is C17H18F3N. The van der Waals surface area contributed by atoms with Gasteiger partial charge in [-0.1, -0.05) is 31.9 Å².